The largest absolute Gasteiger partial charge is 0.378 e. The first-order chi connectivity index (χ1) is 7.05. The van der Waals surface area contributed by atoms with Crippen molar-refractivity contribution in [1.29, 1.82) is 0 Å². The number of piperazine rings is 1. The van der Waals surface area contributed by atoms with Crippen molar-refractivity contribution >= 4 is 11.8 Å². The molecule has 84 valence electrons. The number of ether oxygens (including phenoxy) is 1. The van der Waals surface area contributed by atoms with Crippen LogP contribution in [0.3, 0.4) is 0 Å². The van der Waals surface area contributed by atoms with Gasteiger partial charge in [0.2, 0.25) is 5.91 Å². The monoisotopic (exact) mass is 212 g/mol. The van der Waals surface area contributed by atoms with Gasteiger partial charge in [-0.05, 0) is 13.8 Å². The molecule has 0 aliphatic carbocycles. The molecule has 0 aromatic heterocycles. The average molecular weight is 212 g/mol. The Morgan fingerprint density at radius 1 is 1.47 bits per heavy atom. The number of carbonyl (C=O) groups is 2. The predicted molar refractivity (Wildman–Crippen MR) is 53.2 cm³/mol. The Kier molecular flexibility index (Phi) is 2.42. The first-order valence-electron chi connectivity index (χ1n) is 5.25. The van der Waals surface area contributed by atoms with Gasteiger partial charge in [0.05, 0.1) is 13.2 Å². The van der Waals surface area contributed by atoms with E-state index in [1.807, 2.05) is 13.8 Å². The fraction of sp³-hybridized carbons (Fsp3) is 0.800. The van der Waals surface area contributed by atoms with Crippen LogP contribution in [-0.2, 0) is 14.3 Å². The summed E-state index contributed by atoms with van der Waals surface area (Å²) in [7, 11) is 0. The molecule has 0 radical (unpaired) electrons. The van der Waals surface area contributed by atoms with E-state index in [9.17, 15) is 9.59 Å². The van der Waals surface area contributed by atoms with E-state index in [4.69, 9.17) is 4.74 Å². The van der Waals surface area contributed by atoms with E-state index in [1.165, 1.54) is 0 Å². The Hall–Kier alpha value is -1.10. The van der Waals surface area contributed by atoms with Gasteiger partial charge in [-0.3, -0.25) is 9.59 Å². The van der Waals surface area contributed by atoms with Crippen molar-refractivity contribution in [1.82, 2.24) is 10.2 Å². The summed E-state index contributed by atoms with van der Waals surface area (Å²) < 4.78 is 5.22. The Bertz CT molecular complexity index is 295. The lowest BCUT2D eigenvalue weighted by Gasteiger charge is -2.40. The average Bonchev–Trinajstić information content (AvgIpc) is 2.60. The van der Waals surface area contributed by atoms with Gasteiger partial charge in [-0.2, -0.15) is 0 Å². The van der Waals surface area contributed by atoms with Gasteiger partial charge in [-0.15, -0.1) is 0 Å². The minimum atomic E-state index is -0.778. The van der Waals surface area contributed by atoms with Crippen LogP contribution in [0.1, 0.15) is 20.3 Å². The number of rotatable bonds is 1. The van der Waals surface area contributed by atoms with Crippen molar-refractivity contribution in [3.63, 3.8) is 0 Å². The van der Waals surface area contributed by atoms with E-state index >= 15 is 0 Å². The summed E-state index contributed by atoms with van der Waals surface area (Å²) in [5, 5.41) is 2.77. The highest BCUT2D eigenvalue weighted by Crippen LogP contribution is 2.25. The van der Waals surface area contributed by atoms with E-state index in [2.05, 4.69) is 5.32 Å². The SMILES string of the molecule is CC(C)N1CC(=O)NC2(CCOC2)C1=O. The summed E-state index contributed by atoms with van der Waals surface area (Å²) in [4.78, 5) is 25.3. The van der Waals surface area contributed by atoms with E-state index in [1.54, 1.807) is 4.90 Å². The van der Waals surface area contributed by atoms with E-state index < -0.39 is 5.54 Å². The molecule has 1 N–H and O–H groups in total. The second-order valence-corrected chi connectivity index (χ2v) is 4.46. The van der Waals surface area contributed by atoms with Crippen LogP contribution >= 0.6 is 0 Å². The predicted octanol–water partition coefficient (Wildman–Crippen LogP) is -0.488. The molecule has 1 unspecified atom stereocenters. The summed E-state index contributed by atoms with van der Waals surface area (Å²) in [6, 6.07) is 0.0565. The summed E-state index contributed by atoms with van der Waals surface area (Å²) in [6.07, 6.45) is 0.584. The number of hydrogen-bond acceptors (Lipinski definition) is 3. The fourth-order valence-corrected chi connectivity index (χ4v) is 2.11. The number of amides is 2. The number of nitrogens with one attached hydrogen (secondary N) is 1. The molecule has 2 rings (SSSR count). The topological polar surface area (TPSA) is 58.6 Å². The molecule has 0 bridgehead atoms. The highest BCUT2D eigenvalue weighted by atomic mass is 16.5. The van der Waals surface area contributed by atoms with Gasteiger partial charge in [0.25, 0.3) is 5.91 Å². The third-order valence-corrected chi connectivity index (χ3v) is 3.01. The Labute approximate surface area is 88.8 Å². The maximum Gasteiger partial charge on any atom is 0.251 e. The lowest BCUT2D eigenvalue weighted by Crippen LogP contribution is -2.68. The number of carbonyl (C=O) groups excluding carboxylic acids is 2. The summed E-state index contributed by atoms with van der Waals surface area (Å²) in [5.41, 5.74) is -0.778. The quantitative estimate of drug-likeness (QED) is 0.638. The van der Waals surface area contributed by atoms with Crippen LogP contribution < -0.4 is 5.32 Å². The molecule has 2 saturated heterocycles. The molecule has 0 saturated carbocycles. The van der Waals surface area contributed by atoms with Gasteiger partial charge in [-0.25, -0.2) is 0 Å². The third kappa shape index (κ3) is 1.61. The summed E-state index contributed by atoms with van der Waals surface area (Å²) >= 11 is 0. The van der Waals surface area contributed by atoms with Gasteiger partial charge >= 0.3 is 0 Å². The number of nitrogens with zero attached hydrogens (tertiary/aromatic N) is 1. The highest BCUT2D eigenvalue weighted by Gasteiger charge is 2.49. The van der Waals surface area contributed by atoms with Crippen LogP contribution in [0.2, 0.25) is 0 Å². The van der Waals surface area contributed by atoms with Crippen molar-refractivity contribution in [3.8, 4) is 0 Å². The number of hydrogen-bond donors (Lipinski definition) is 1. The minimum Gasteiger partial charge on any atom is -0.378 e. The van der Waals surface area contributed by atoms with Gasteiger partial charge in [0, 0.05) is 19.1 Å². The molecule has 15 heavy (non-hydrogen) atoms. The first kappa shape index (κ1) is 10.4. The van der Waals surface area contributed by atoms with Crippen molar-refractivity contribution in [3.05, 3.63) is 0 Å². The Morgan fingerprint density at radius 2 is 2.20 bits per heavy atom. The van der Waals surface area contributed by atoms with Crippen molar-refractivity contribution in [2.24, 2.45) is 0 Å². The molecule has 1 atom stereocenters. The molecule has 5 nitrogen and oxygen atoms in total. The lowest BCUT2D eigenvalue weighted by atomic mass is 9.93. The lowest BCUT2D eigenvalue weighted by molar-refractivity contribution is -0.151. The molecule has 2 aliphatic heterocycles. The molecular formula is C10H16N2O3. The van der Waals surface area contributed by atoms with Gasteiger partial charge < -0.3 is 15.0 Å². The smallest absolute Gasteiger partial charge is 0.251 e. The molecule has 2 amide bonds. The standard InChI is InChI=1S/C10H16N2O3/c1-7(2)12-5-8(13)11-10(9(12)14)3-4-15-6-10/h7H,3-6H2,1-2H3,(H,11,13). The maximum absolute atomic E-state index is 12.2. The van der Waals surface area contributed by atoms with Crippen LogP contribution in [0.15, 0.2) is 0 Å². The van der Waals surface area contributed by atoms with Gasteiger partial charge in [0.1, 0.15) is 5.54 Å². The van der Waals surface area contributed by atoms with Gasteiger partial charge in [0.15, 0.2) is 0 Å². The second-order valence-electron chi connectivity index (χ2n) is 4.46. The van der Waals surface area contributed by atoms with E-state index in [0.717, 1.165) is 0 Å². The van der Waals surface area contributed by atoms with E-state index in [-0.39, 0.29) is 24.4 Å². The van der Waals surface area contributed by atoms with Crippen molar-refractivity contribution in [2.45, 2.75) is 31.8 Å². The first-order valence-corrected chi connectivity index (χ1v) is 5.25. The molecule has 5 heteroatoms. The highest BCUT2D eigenvalue weighted by molar-refractivity contribution is 5.98. The zero-order valence-corrected chi connectivity index (χ0v) is 9.08. The molecule has 2 fully saturated rings. The normalized spacial score (nSPS) is 31.5. The molecular weight excluding hydrogens is 196 g/mol. The molecule has 2 aliphatic rings. The van der Waals surface area contributed by atoms with Crippen LogP contribution in [0.4, 0.5) is 0 Å². The fourth-order valence-electron chi connectivity index (χ4n) is 2.11. The summed E-state index contributed by atoms with van der Waals surface area (Å²) in [6.45, 7) is 4.84. The zero-order valence-electron chi connectivity index (χ0n) is 9.08. The van der Waals surface area contributed by atoms with Crippen LogP contribution in [-0.4, -0.2) is 48.1 Å². The van der Waals surface area contributed by atoms with Crippen LogP contribution in [0.5, 0.6) is 0 Å². The molecule has 0 aromatic rings. The van der Waals surface area contributed by atoms with Crippen molar-refractivity contribution in [2.75, 3.05) is 19.8 Å². The molecule has 1 spiro atoms. The van der Waals surface area contributed by atoms with Crippen LogP contribution in [0.25, 0.3) is 0 Å². The second kappa shape index (κ2) is 3.48. The summed E-state index contributed by atoms with van der Waals surface area (Å²) in [5.74, 6) is -0.0941. The van der Waals surface area contributed by atoms with Crippen molar-refractivity contribution < 1.29 is 14.3 Å². The van der Waals surface area contributed by atoms with E-state index in [0.29, 0.717) is 19.6 Å². The van der Waals surface area contributed by atoms with Gasteiger partial charge in [-0.1, -0.05) is 0 Å². The minimum absolute atomic E-state index is 0.00500. The zero-order chi connectivity index (χ0) is 11.1. The molecule has 0 aromatic carbocycles. The van der Waals surface area contributed by atoms with Crippen LogP contribution in [0, 0.1) is 0 Å². The Morgan fingerprint density at radius 3 is 2.73 bits per heavy atom. The maximum atomic E-state index is 12.2. The molecule has 2 heterocycles. The Balaban J connectivity index is 2.25. The third-order valence-electron chi connectivity index (χ3n) is 3.01.